The smallest absolute Gasteiger partial charge is 0 e. The van der Waals surface area contributed by atoms with E-state index < -0.39 is 0 Å². The molecule has 0 bridgehead atoms. The fourth-order valence-electron chi connectivity index (χ4n) is 0. The summed E-state index contributed by atoms with van der Waals surface area (Å²) in [4.78, 5) is 0. The van der Waals surface area contributed by atoms with Crippen LogP contribution in [0, 0.1) is 0 Å². The summed E-state index contributed by atoms with van der Waals surface area (Å²) in [5.41, 5.74) is 0. The molecule has 0 rings (SSSR count). The summed E-state index contributed by atoms with van der Waals surface area (Å²) >= 11 is 0. The first kappa shape index (κ1) is 24.1. The van der Waals surface area contributed by atoms with Crippen molar-refractivity contribution in [2.45, 2.75) is 0 Å². The molecule has 0 saturated heterocycles. The molecule has 0 unspecified atom stereocenters. The Morgan fingerprint density at radius 1 is 1.14 bits per heavy atom. The molecule has 0 atom stereocenters. The first-order chi connectivity index (χ1) is 1.73. The quantitative estimate of drug-likeness (QED) is 0.408. The van der Waals surface area contributed by atoms with Gasteiger partial charge >= 0.3 is 0 Å². The maximum atomic E-state index is 6.42. The Balaban J connectivity index is -0.0000000150. The van der Waals surface area contributed by atoms with E-state index in [2.05, 4.69) is 0 Å². The van der Waals surface area contributed by atoms with Crippen LogP contribution in [-0.4, -0.2) is 19.1 Å². The van der Waals surface area contributed by atoms with Crippen molar-refractivity contribution in [2.75, 3.05) is 14.1 Å². The van der Waals surface area contributed by atoms with Crippen molar-refractivity contribution < 1.29 is 21.7 Å². The van der Waals surface area contributed by atoms with E-state index in [-0.39, 0.29) is 46.5 Å². The molecule has 5 heteroatoms. The Morgan fingerprint density at radius 2 is 1.14 bits per heavy atom. The van der Waals surface area contributed by atoms with Crippen LogP contribution in [0.4, 0.5) is 0 Å². The average molecular weight is 180 g/mol. The largest absolute Gasteiger partial charge is 0.610 e. The van der Waals surface area contributed by atoms with E-state index in [1.54, 1.807) is 14.1 Å². The zero-order valence-corrected chi connectivity index (χ0v) is 7.46. The minimum absolute atomic E-state index is 0. The van der Waals surface area contributed by atoms with Gasteiger partial charge in [-0.05, 0) is 14.1 Å². The van der Waals surface area contributed by atoms with Crippen LogP contribution in [0.15, 0.2) is 0 Å². The standard InChI is InChI=1S/C2H7N2.2ClH.Ti/c1-4(2)3;;;/h3H,1-2H3;2*1H;/q-1;;;. The third kappa shape index (κ3) is 133. The van der Waals surface area contributed by atoms with Gasteiger partial charge in [-0.2, -0.15) is 0 Å². The van der Waals surface area contributed by atoms with Crippen molar-refractivity contribution in [2.24, 2.45) is 0 Å². The Bertz CT molecular complexity index is 18.4. The van der Waals surface area contributed by atoms with E-state index in [4.69, 9.17) is 5.84 Å². The van der Waals surface area contributed by atoms with E-state index >= 15 is 0 Å². The molecule has 0 aliphatic carbocycles. The van der Waals surface area contributed by atoms with Gasteiger partial charge in [0.25, 0.3) is 0 Å². The molecule has 0 saturated carbocycles. The fourth-order valence-corrected chi connectivity index (χ4v) is 0. The summed E-state index contributed by atoms with van der Waals surface area (Å²) in [5.74, 6) is 6.42. The topological polar surface area (TPSA) is 27.0 Å². The van der Waals surface area contributed by atoms with E-state index in [1.165, 1.54) is 5.01 Å². The molecule has 0 aliphatic rings. The van der Waals surface area contributed by atoms with Gasteiger partial charge in [0.2, 0.25) is 0 Å². The molecule has 0 radical (unpaired) electrons. The summed E-state index contributed by atoms with van der Waals surface area (Å²) in [6, 6.07) is 0. The first-order valence-corrected chi connectivity index (χ1v) is 1.12. The molecule has 0 fully saturated rings. The second-order valence-electron chi connectivity index (χ2n) is 0.894. The zero-order valence-electron chi connectivity index (χ0n) is 4.26. The van der Waals surface area contributed by atoms with Crippen LogP contribution < -0.4 is 0 Å². The molecule has 7 heavy (non-hydrogen) atoms. The zero-order chi connectivity index (χ0) is 3.58. The number of hydrogen-bond donors (Lipinski definition) is 0. The van der Waals surface area contributed by atoms with Gasteiger partial charge < -0.3 is 10.9 Å². The molecule has 46 valence electrons. The van der Waals surface area contributed by atoms with Crippen LogP contribution >= 0.6 is 24.8 Å². The summed E-state index contributed by atoms with van der Waals surface area (Å²) in [6.07, 6.45) is 0. The van der Waals surface area contributed by atoms with Gasteiger partial charge in [0, 0.05) is 21.7 Å². The number of nitrogens with one attached hydrogen (secondary N) is 1. The van der Waals surface area contributed by atoms with Crippen molar-refractivity contribution in [1.29, 1.82) is 0 Å². The Kier molecular flexibility index (Phi) is 53.9. The molecular formula is C2H9Cl2N2Ti-. The molecule has 0 spiro atoms. The van der Waals surface area contributed by atoms with Gasteiger partial charge in [-0.15, -0.1) is 24.8 Å². The Hall–Kier alpha value is 1.21. The molecule has 0 aromatic heterocycles. The molecule has 0 aromatic rings. The van der Waals surface area contributed by atoms with Gasteiger partial charge in [-0.1, -0.05) is 0 Å². The Labute approximate surface area is 71.5 Å². The van der Waals surface area contributed by atoms with E-state index in [0.29, 0.717) is 0 Å². The molecule has 1 N–H and O–H groups in total. The fraction of sp³-hybridized carbons (Fsp3) is 1.00. The molecule has 2 nitrogen and oxygen atoms in total. The number of halogens is 2. The van der Waals surface area contributed by atoms with Gasteiger partial charge in [0.15, 0.2) is 0 Å². The summed E-state index contributed by atoms with van der Waals surface area (Å²) in [7, 11) is 3.33. The molecule has 0 amide bonds. The van der Waals surface area contributed by atoms with E-state index in [9.17, 15) is 0 Å². The number of hydrogen-bond acceptors (Lipinski definition) is 1. The van der Waals surface area contributed by atoms with Gasteiger partial charge in [0.05, 0.1) is 0 Å². The maximum absolute atomic E-state index is 6.42. The summed E-state index contributed by atoms with van der Waals surface area (Å²) in [6.45, 7) is 0. The SMILES string of the molecule is CN(C)[NH-].Cl.Cl.[Ti]. The van der Waals surface area contributed by atoms with Crippen molar-refractivity contribution >= 4 is 24.8 Å². The van der Waals surface area contributed by atoms with Crippen LogP contribution in [-0.2, 0) is 21.7 Å². The molecule has 0 aliphatic heterocycles. The third-order valence-corrected chi connectivity index (χ3v) is 0. The second-order valence-corrected chi connectivity index (χ2v) is 0.894. The predicted molar refractivity (Wildman–Crippen MR) is 32.5 cm³/mol. The van der Waals surface area contributed by atoms with Crippen LogP contribution in [0.5, 0.6) is 0 Å². The number of nitrogens with zero attached hydrogens (tertiary/aromatic N) is 1. The normalized spacial score (nSPS) is 5.14. The van der Waals surface area contributed by atoms with Crippen molar-refractivity contribution in [3.8, 4) is 0 Å². The first-order valence-electron chi connectivity index (χ1n) is 1.12. The van der Waals surface area contributed by atoms with Crippen LogP contribution in [0.3, 0.4) is 0 Å². The van der Waals surface area contributed by atoms with Gasteiger partial charge in [0.1, 0.15) is 0 Å². The van der Waals surface area contributed by atoms with Gasteiger partial charge in [-0.25, -0.2) is 0 Å². The monoisotopic (exact) mass is 179 g/mol. The van der Waals surface area contributed by atoms with Crippen LogP contribution in [0.1, 0.15) is 0 Å². The predicted octanol–water partition coefficient (Wildman–Crippen LogP) is 1.36. The summed E-state index contributed by atoms with van der Waals surface area (Å²) in [5, 5.41) is 1.25. The van der Waals surface area contributed by atoms with Crippen molar-refractivity contribution in [3.63, 3.8) is 0 Å². The van der Waals surface area contributed by atoms with E-state index in [0.717, 1.165) is 0 Å². The third-order valence-electron chi connectivity index (χ3n) is 0. The number of rotatable bonds is 0. The van der Waals surface area contributed by atoms with Crippen molar-refractivity contribution in [3.05, 3.63) is 5.84 Å². The van der Waals surface area contributed by atoms with Gasteiger partial charge in [-0.3, -0.25) is 0 Å². The second kappa shape index (κ2) is 15.7. The maximum Gasteiger partial charge on any atom is 0 e. The minimum Gasteiger partial charge on any atom is -0.610 e. The van der Waals surface area contributed by atoms with Crippen LogP contribution in [0.25, 0.3) is 5.84 Å². The Morgan fingerprint density at radius 3 is 1.14 bits per heavy atom. The molecule has 0 aromatic carbocycles. The molecule has 0 heterocycles. The van der Waals surface area contributed by atoms with Crippen LogP contribution in [0.2, 0.25) is 0 Å². The van der Waals surface area contributed by atoms with Crippen molar-refractivity contribution in [1.82, 2.24) is 5.01 Å². The summed E-state index contributed by atoms with van der Waals surface area (Å²) < 4.78 is 0. The average Bonchev–Trinajstić information content (AvgIpc) is 0.811. The minimum atomic E-state index is 0. The molecular weight excluding hydrogens is 171 g/mol. The van der Waals surface area contributed by atoms with E-state index in [1.807, 2.05) is 0 Å².